The summed E-state index contributed by atoms with van der Waals surface area (Å²) in [4.78, 5) is 0. The lowest BCUT2D eigenvalue weighted by atomic mass is 10.2. The molecule has 0 heteroatoms. The molecule has 0 unspecified atom stereocenters. The molecule has 0 radical (unpaired) electrons. The van der Waals surface area contributed by atoms with E-state index >= 15 is 0 Å². The molecular weight excluding hydrogens is 120 g/mol. The molecule has 0 aliphatic carbocycles. The number of allylic oxidation sites excluding steroid dienone is 5. The first-order valence-electron chi connectivity index (χ1n) is 3.77. The van der Waals surface area contributed by atoms with Gasteiger partial charge in [-0.05, 0) is 13.3 Å². The van der Waals surface area contributed by atoms with Crippen molar-refractivity contribution in [1.82, 2.24) is 0 Å². The maximum Gasteiger partial charge on any atom is -0.0350 e. The van der Waals surface area contributed by atoms with E-state index in [1.54, 1.807) is 0 Å². The zero-order valence-electron chi connectivity index (χ0n) is 6.93. The fraction of sp³-hybridized carbons (Fsp3) is 0.400. The minimum atomic E-state index is 1.17. The van der Waals surface area contributed by atoms with E-state index in [0.29, 0.717) is 0 Å². The van der Waals surface area contributed by atoms with E-state index < -0.39 is 0 Å². The zero-order chi connectivity index (χ0) is 7.82. The highest BCUT2D eigenvalue weighted by atomic mass is 13.8. The summed E-state index contributed by atoms with van der Waals surface area (Å²) >= 11 is 0. The minimum Gasteiger partial charge on any atom is -0.0988 e. The number of hydrogen-bond acceptors (Lipinski definition) is 0. The topological polar surface area (TPSA) is 0 Å². The Balaban J connectivity index is 3.59. The molecule has 0 spiro atoms. The summed E-state index contributed by atoms with van der Waals surface area (Å²) < 4.78 is 0. The molecule has 0 aromatic rings. The number of hydrogen-bond donors (Lipinski definition) is 0. The summed E-state index contributed by atoms with van der Waals surface area (Å²) in [5, 5.41) is 0. The molecule has 0 aliphatic rings. The Morgan fingerprint density at radius 3 is 2.70 bits per heavy atom. The van der Waals surface area contributed by atoms with Crippen molar-refractivity contribution in [2.75, 3.05) is 0 Å². The summed E-state index contributed by atoms with van der Waals surface area (Å²) in [6.07, 6.45) is 10.6. The van der Waals surface area contributed by atoms with Gasteiger partial charge in [0, 0.05) is 0 Å². The molecule has 56 valence electrons. The third kappa shape index (κ3) is 5.36. The van der Waals surface area contributed by atoms with Crippen LogP contribution in [0.3, 0.4) is 0 Å². The van der Waals surface area contributed by atoms with Crippen molar-refractivity contribution in [3.05, 3.63) is 36.5 Å². The monoisotopic (exact) mass is 136 g/mol. The van der Waals surface area contributed by atoms with E-state index in [2.05, 4.69) is 31.7 Å². The number of rotatable bonds is 4. The van der Waals surface area contributed by atoms with E-state index in [-0.39, 0.29) is 0 Å². The van der Waals surface area contributed by atoms with Crippen molar-refractivity contribution < 1.29 is 0 Å². The maximum absolute atomic E-state index is 3.66. The van der Waals surface area contributed by atoms with Crippen molar-refractivity contribution in [1.29, 1.82) is 0 Å². The second kappa shape index (κ2) is 6.34. The van der Waals surface area contributed by atoms with Crippen LogP contribution in [0.15, 0.2) is 36.5 Å². The molecular formula is C10H16. The largest absolute Gasteiger partial charge is 0.0988 e. The molecule has 10 heavy (non-hydrogen) atoms. The first kappa shape index (κ1) is 9.22. The van der Waals surface area contributed by atoms with Crippen LogP contribution in [0.25, 0.3) is 0 Å². The first-order chi connectivity index (χ1) is 4.81. The molecule has 0 heterocycles. The summed E-state index contributed by atoms with van der Waals surface area (Å²) in [5.74, 6) is 0. The summed E-state index contributed by atoms with van der Waals surface area (Å²) in [6, 6.07) is 0. The SMILES string of the molecule is C=CC(C)=CC=CCCC. The van der Waals surface area contributed by atoms with Gasteiger partial charge in [-0.3, -0.25) is 0 Å². The highest BCUT2D eigenvalue weighted by Crippen LogP contribution is 1.94. The van der Waals surface area contributed by atoms with Crippen LogP contribution in [-0.2, 0) is 0 Å². The lowest BCUT2D eigenvalue weighted by Crippen LogP contribution is -1.63. The van der Waals surface area contributed by atoms with Gasteiger partial charge < -0.3 is 0 Å². The van der Waals surface area contributed by atoms with Crippen LogP contribution in [-0.4, -0.2) is 0 Å². The molecule has 0 rings (SSSR count). The summed E-state index contributed by atoms with van der Waals surface area (Å²) in [6.45, 7) is 7.88. The molecule has 0 aromatic carbocycles. The van der Waals surface area contributed by atoms with Crippen LogP contribution in [0.5, 0.6) is 0 Å². The van der Waals surface area contributed by atoms with Gasteiger partial charge in [0.15, 0.2) is 0 Å². The standard InChI is InChI=1S/C10H16/c1-4-6-7-8-9-10(3)5-2/h5,7-9H,2,4,6H2,1,3H3. The van der Waals surface area contributed by atoms with E-state index in [4.69, 9.17) is 0 Å². The van der Waals surface area contributed by atoms with Crippen molar-refractivity contribution in [3.8, 4) is 0 Å². The molecule has 0 nitrogen and oxygen atoms in total. The van der Waals surface area contributed by atoms with Crippen LogP contribution in [0.1, 0.15) is 26.7 Å². The van der Waals surface area contributed by atoms with Gasteiger partial charge in [0.2, 0.25) is 0 Å². The Bertz CT molecular complexity index is 138. The van der Waals surface area contributed by atoms with Gasteiger partial charge in [0.05, 0.1) is 0 Å². The van der Waals surface area contributed by atoms with E-state index in [0.717, 1.165) is 0 Å². The number of unbranched alkanes of at least 4 members (excludes halogenated alkanes) is 1. The molecule has 0 N–H and O–H groups in total. The summed E-state index contributed by atoms with van der Waals surface area (Å²) in [5.41, 5.74) is 1.22. The molecule has 0 fully saturated rings. The molecule has 0 aromatic heterocycles. The van der Waals surface area contributed by atoms with Crippen molar-refractivity contribution in [3.63, 3.8) is 0 Å². The quantitative estimate of drug-likeness (QED) is 0.519. The first-order valence-corrected chi connectivity index (χ1v) is 3.77. The Morgan fingerprint density at radius 2 is 2.20 bits per heavy atom. The lowest BCUT2D eigenvalue weighted by molar-refractivity contribution is 0.959. The molecule has 0 aliphatic heterocycles. The smallest absolute Gasteiger partial charge is 0.0350 e. The predicted octanol–water partition coefficient (Wildman–Crippen LogP) is 3.48. The van der Waals surface area contributed by atoms with Crippen LogP contribution in [0, 0.1) is 0 Å². The van der Waals surface area contributed by atoms with Crippen LogP contribution >= 0.6 is 0 Å². The van der Waals surface area contributed by atoms with Gasteiger partial charge in [0.1, 0.15) is 0 Å². The highest BCUT2D eigenvalue weighted by Gasteiger charge is 1.73. The van der Waals surface area contributed by atoms with E-state index in [1.807, 2.05) is 13.0 Å². The molecule has 0 bridgehead atoms. The lowest BCUT2D eigenvalue weighted by Gasteiger charge is -1.84. The second-order valence-electron chi connectivity index (χ2n) is 2.33. The van der Waals surface area contributed by atoms with Crippen LogP contribution in [0.4, 0.5) is 0 Å². The van der Waals surface area contributed by atoms with E-state index in [1.165, 1.54) is 18.4 Å². The van der Waals surface area contributed by atoms with Gasteiger partial charge >= 0.3 is 0 Å². The van der Waals surface area contributed by atoms with Gasteiger partial charge in [-0.1, -0.05) is 49.8 Å². The second-order valence-corrected chi connectivity index (χ2v) is 2.33. The third-order valence-corrected chi connectivity index (χ3v) is 1.27. The van der Waals surface area contributed by atoms with E-state index in [9.17, 15) is 0 Å². The van der Waals surface area contributed by atoms with Gasteiger partial charge in [0.25, 0.3) is 0 Å². The normalized spacial score (nSPS) is 12.4. The minimum absolute atomic E-state index is 1.17. The maximum atomic E-state index is 3.66. The Hall–Kier alpha value is -0.780. The van der Waals surface area contributed by atoms with Crippen molar-refractivity contribution >= 4 is 0 Å². The summed E-state index contributed by atoms with van der Waals surface area (Å²) in [7, 11) is 0. The van der Waals surface area contributed by atoms with Gasteiger partial charge in [-0.25, -0.2) is 0 Å². The highest BCUT2D eigenvalue weighted by molar-refractivity contribution is 5.19. The molecule has 0 amide bonds. The van der Waals surface area contributed by atoms with Crippen LogP contribution in [0.2, 0.25) is 0 Å². The molecule has 0 atom stereocenters. The zero-order valence-corrected chi connectivity index (χ0v) is 6.93. The van der Waals surface area contributed by atoms with Gasteiger partial charge in [-0.2, -0.15) is 0 Å². The fourth-order valence-electron chi connectivity index (χ4n) is 0.551. The van der Waals surface area contributed by atoms with Crippen LogP contribution < -0.4 is 0 Å². The van der Waals surface area contributed by atoms with Crippen molar-refractivity contribution in [2.24, 2.45) is 0 Å². The van der Waals surface area contributed by atoms with Gasteiger partial charge in [-0.15, -0.1) is 0 Å². The Morgan fingerprint density at radius 1 is 1.50 bits per heavy atom. The average molecular weight is 136 g/mol. The Labute approximate surface area is 64.0 Å². The fourth-order valence-corrected chi connectivity index (χ4v) is 0.551. The predicted molar refractivity (Wildman–Crippen MR) is 48.0 cm³/mol. The average Bonchev–Trinajstić information content (AvgIpc) is 1.98. The van der Waals surface area contributed by atoms with Crippen molar-refractivity contribution in [2.45, 2.75) is 26.7 Å². The third-order valence-electron chi connectivity index (χ3n) is 1.27. The Kier molecular flexibility index (Phi) is 5.85. The molecule has 0 saturated heterocycles. The molecule has 0 saturated carbocycles.